The summed E-state index contributed by atoms with van der Waals surface area (Å²) in [6.07, 6.45) is 3.13. The van der Waals surface area contributed by atoms with Crippen LogP contribution >= 0.6 is 0 Å². The summed E-state index contributed by atoms with van der Waals surface area (Å²) < 4.78 is 4.57. The van der Waals surface area contributed by atoms with Crippen molar-refractivity contribution in [1.29, 1.82) is 0 Å². The number of carbonyl (C=O) groups excluding carboxylic acids is 2. The number of hydrogen-bond donors (Lipinski definition) is 2. The Hall–Kier alpha value is -1.10. The number of esters is 1. The molecule has 2 aliphatic heterocycles. The van der Waals surface area contributed by atoms with E-state index in [2.05, 4.69) is 15.4 Å². The van der Waals surface area contributed by atoms with Crippen molar-refractivity contribution >= 4 is 11.9 Å². The quantitative estimate of drug-likeness (QED) is 0.654. The predicted octanol–water partition coefficient (Wildman–Crippen LogP) is -0.195. The average molecular weight is 226 g/mol. The maximum Gasteiger partial charge on any atom is 0.328 e. The average Bonchev–Trinajstić information content (AvgIpc) is 2.89. The van der Waals surface area contributed by atoms with Gasteiger partial charge in [0.05, 0.1) is 13.0 Å². The highest BCUT2D eigenvalue weighted by molar-refractivity contribution is 5.86. The van der Waals surface area contributed by atoms with Crippen molar-refractivity contribution < 1.29 is 14.3 Å². The smallest absolute Gasteiger partial charge is 0.328 e. The first kappa shape index (κ1) is 11.4. The van der Waals surface area contributed by atoms with Gasteiger partial charge in [-0.25, -0.2) is 4.79 Å². The molecule has 2 heterocycles. The third kappa shape index (κ3) is 2.04. The van der Waals surface area contributed by atoms with E-state index in [-0.39, 0.29) is 11.8 Å². The van der Waals surface area contributed by atoms with E-state index in [1.807, 2.05) is 0 Å². The van der Waals surface area contributed by atoms with Crippen molar-refractivity contribution in [1.82, 2.24) is 10.6 Å². The van der Waals surface area contributed by atoms with Crippen molar-refractivity contribution in [3.63, 3.8) is 0 Å². The van der Waals surface area contributed by atoms with Crippen molar-refractivity contribution in [2.45, 2.75) is 44.3 Å². The number of rotatable bonds is 3. The highest BCUT2D eigenvalue weighted by Gasteiger charge is 2.43. The fraction of sp³-hybridized carbons (Fsp3) is 0.818. The van der Waals surface area contributed by atoms with Gasteiger partial charge in [0.25, 0.3) is 0 Å². The fourth-order valence-electron chi connectivity index (χ4n) is 2.67. The number of fused-ring (bicyclic) bond motifs is 2. The van der Waals surface area contributed by atoms with E-state index in [0.29, 0.717) is 12.1 Å². The molecule has 90 valence electrons. The van der Waals surface area contributed by atoms with Crippen LogP contribution in [0.4, 0.5) is 0 Å². The number of methoxy groups -OCH3 is 1. The molecule has 0 radical (unpaired) electrons. The molecule has 2 saturated heterocycles. The van der Waals surface area contributed by atoms with Gasteiger partial charge in [0, 0.05) is 12.1 Å². The van der Waals surface area contributed by atoms with Crippen LogP contribution in [0.3, 0.4) is 0 Å². The Kier molecular flexibility index (Phi) is 3.14. The lowest BCUT2D eigenvalue weighted by atomic mass is 9.88. The fourth-order valence-corrected chi connectivity index (χ4v) is 2.67. The Morgan fingerprint density at radius 2 is 2.19 bits per heavy atom. The van der Waals surface area contributed by atoms with E-state index in [1.54, 1.807) is 6.92 Å². The molecule has 0 aromatic rings. The van der Waals surface area contributed by atoms with Crippen LogP contribution in [0.5, 0.6) is 0 Å². The summed E-state index contributed by atoms with van der Waals surface area (Å²) in [6, 6.07) is 0.237. The third-order valence-electron chi connectivity index (χ3n) is 3.55. The standard InChI is InChI=1S/C11H18N2O3/c1-6(11(15)16-2)12-10(14)8-5-7-3-4-9(8)13-7/h6-9,13H,3-5H2,1-2H3,(H,12,14)/t6-,7?,8?,9?/m0/s1. The second-order valence-corrected chi connectivity index (χ2v) is 4.64. The van der Waals surface area contributed by atoms with Gasteiger partial charge in [-0.05, 0) is 26.2 Å². The minimum Gasteiger partial charge on any atom is -0.467 e. The van der Waals surface area contributed by atoms with Crippen molar-refractivity contribution in [3.05, 3.63) is 0 Å². The van der Waals surface area contributed by atoms with E-state index < -0.39 is 12.0 Å². The molecule has 2 rings (SSSR count). The van der Waals surface area contributed by atoms with Gasteiger partial charge in [-0.1, -0.05) is 0 Å². The second kappa shape index (κ2) is 4.41. The lowest BCUT2D eigenvalue weighted by Gasteiger charge is -2.21. The van der Waals surface area contributed by atoms with E-state index in [4.69, 9.17) is 0 Å². The molecule has 16 heavy (non-hydrogen) atoms. The number of carbonyl (C=O) groups is 2. The SMILES string of the molecule is COC(=O)[C@H](C)NC(=O)C1CC2CCC1N2. The van der Waals surface area contributed by atoms with Gasteiger partial charge in [-0.3, -0.25) is 4.79 Å². The molecule has 2 aliphatic rings. The molecule has 0 aromatic carbocycles. The Morgan fingerprint density at radius 1 is 1.44 bits per heavy atom. The normalized spacial score (nSPS) is 33.5. The van der Waals surface area contributed by atoms with Crippen LogP contribution in [0.2, 0.25) is 0 Å². The lowest BCUT2D eigenvalue weighted by Crippen LogP contribution is -2.45. The van der Waals surface area contributed by atoms with Crippen LogP contribution in [0.15, 0.2) is 0 Å². The van der Waals surface area contributed by atoms with E-state index in [0.717, 1.165) is 12.8 Å². The lowest BCUT2D eigenvalue weighted by molar-refractivity contribution is -0.145. The molecule has 0 aliphatic carbocycles. The summed E-state index contributed by atoms with van der Waals surface area (Å²) in [5, 5.41) is 6.10. The van der Waals surface area contributed by atoms with Crippen LogP contribution < -0.4 is 10.6 Å². The van der Waals surface area contributed by atoms with Gasteiger partial charge in [-0.15, -0.1) is 0 Å². The van der Waals surface area contributed by atoms with Crippen LogP contribution in [0.25, 0.3) is 0 Å². The zero-order valence-corrected chi connectivity index (χ0v) is 9.66. The van der Waals surface area contributed by atoms with Crippen molar-refractivity contribution in [2.75, 3.05) is 7.11 Å². The number of hydrogen-bond acceptors (Lipinski definition) is 4. The van der Waals surface area contributed by atoms with Crippen molar-refractivity contribution in [2.24, 2.45) is 5.92 Å². The Balaban J connectivity index is 1.87. The molecule has 5 nitrogen and oxygen atoms in total. The summed E-state index contributed by atoms with van der Waals surface area (Å²) in [6.45, 7) is 1.64. The van der Waals surface area contributed by atoms with E-state index >= 15 is 0 Å². The molecular formula is C11H18N2O3. The molecule has 2 bridgehead atoms. The van der Waals surface area contributed by atoms with E-state index in [1.165, 1.54) is 13.5 Å². The summed E-state index contributed by atoms with van der Waals surface area (Å²) in [5.74, 6) is -0.409. The molecule has 0 spiro atoms. The van der Waals surface area contributed by atoms with Crippen LogP contribution in [-0.4, -0.2) is 37.1 Å². The molecule has 0 saturated carbocycles. The molecule has 2 N–H and O–H groups in total. The van der Waals surface area contributed by atoms with Crippen molar-refractivity contribution in [3.8, 4) is 0 Å². The monoisotopic (exact) mass is 226 g/mol. The third-order valence-corrected chi connectivity index (χ3v) is 3.55. The summed E-state index contributed by atoms with van der Waals surface area (Å²) in [5.41, 5.74) is 0. The van der Waals surface area contributed by atoms with Crippen LogP contribution in [-0.2, 0) is 14.3 Å². The highest BCUT2D eigenvalue weighted by atomic mass is 16.5. The highest BCUT2D eigenvalue weighted by Crippen LogP contribution is 2.33. The van der Waals surface area contributed by atoms with Crippen LogP contribution in [0.1, 0.15) is 26.2 Å². The largest absolute Gasteiger partial charge is 0.467 e. The van der Waals surface area contributed by atoms with Gasteiger partial charge in [0.1, 0.15) is 6.04 Å². The zero-order valence-electron chi connectivity index (χ0n) is 9.66. The second-order valence-electron chi connectivity index (χ2n) is 4.64. The maximum absolute atomic E-state index is 11.9. The number of nitrogens with one attached hydrogen (secondary N) is 2. The summed E-state index contributed by atoms with van der Waals surface area (Å²) >= 11 is 0. The molecule has 2 fully saturated rings. The minimum atomic E-state index is -0.559. The molecular weight excluding hydrogens is 208 g/mol. The summed E-state index contributed by atoms with van der Waals surface area (Å²) in [7, 11) is 1.32. The van der Waals surface area contributed by atoms with Crippen LogP contribution in [0, 0.1) is 5.92 Å². The van der Waals surface area contributed by atoms with Gasteiger partial charge < -0.3 is 15.4 Å². The predicted molar refractivity (Wildman–Crippen MR) is 57.7 cm³/mol. The molecule has 0 aromatic heterocycles. The van der Waals surface area contributed by atoms with Gasteiger partial charge in [0.15, 0.2) is 0 Å². The number of ether oxygens (including phenoxy) is 1. The summed E-state index contributed by atoms with van der Waals surface area (Å²) in [4.78, 5) is 23.1. The first-order valence-electron chi connectivity index (χ1n) is 5.76. The Labute approximate surface area is 94.9 Å². The molecule has 1 amide bonds. The first-order valence-corrected chi connectivity index (χ1v) is 5.76. The first-order chi connectivity index (χ1) is 7.61. The van der Waals surface area contributed by atoms with Gasteiger partial charge in [-0.2, -0.15) is 0 Å². The Morgan fingerprint density at radius 3 is 2.69 bits per heavy atom. The minimum absolute atomic E-state index is 0.0193. The van der Waals surface area contributed by atoms with E-state index in [9.17, 15) is 9.59 Å². The zero-order chi connectivity index (χ0) is 11.7. The van der Waals surface area contributed by atoms with Gasteiger partial charge >= 0.3 is 5.97 Å². The van der Waals surface area contributed by atoms with Gasteiger partial charge in [0.2, 0.25) is 5.91 Å². The molecule has 4 atom stereocenters. The maximum atomic E-state index is 11.9. The topological polar surface area (TPSA) is 67.4 Å². The molecule has 5 heteroatoms. The molecule has 3 unspecified atom stereocenters. The number of amides is 1. The Bertz CT molecular complexity index is 306.